The Morgan fingerprint density at radius 3 is 2.47 bits per heavy atom. The number of para-hydroxylation sites is 1. The molecule has 0 fully saturated rings. The van der Waals surface area contributed by atoms with E-state index in [1.165, 1.54) is 12.0 Å². The first-order valence-corrected chi connectivity index (χ1v) is 6.55. The molecule has 17 heavy (non-hydrogen) atoms. The van der Waals surface area contributed by atoms with E-state index in [1.54, 1.807) is 7.11 Å². The molecule has 96 valence electrons. The lowest BCUT2D eigenvalue weighted by Gasteiger charge is -2.21. The standard InChI is InChI=1S/C15H25NO/c1-5-16-14(11-10-12(2)3)13-8-6-7-9-15(13)17-4/h6-9,12,14,16H,5,10-11H2,1-4H3. The van der Waals surface area contributed by atoms with Crippen molar-refractivity contribution in [1.82, 2.24) is 5.32 Å². The van der Waals surface area contributed by atoms with Crippen molar-refractivity contribution in [2.24, 2.45) is 5.92 Å². The molecule has 1 aromatic rings. The lowest BCUT2D eigenvalue weighted by atomic mass is 9.97. The van der Waals surface area contributed by atoms with Crippen LogP contribution in [-0.4, -0.2) is 13.7 Å². The van der Waals surface area contributed by atoms with E-state index in [1.807, 2.05) is 12.1 Å². The Hall–Kier alpha value is -1.02. The maximum absolute atomic E-state index is 5.44. The van der Waals surface area contributed by atoms with Gasteiger partial charge in [0.05, 0.1) is 7.11 Å². The molecule has 1 rings (SSSR count). The Balaban J connectivity index is 2.80. The van der Waals surface area contributed by atoms with Crippen LogP contribution >= 0.6 is 0 Å². The first-order chi connectivity index (χ1) is 8.19. The topological polar surface area (TPSA) is 21.3 Å². The van der Waals surface area contributed by atoms with E-state index >= 15 is 0 Å². The Labute approximate surface area is 105 Å². The van der Waals surface area contributed by atoms with E-state index in [2.05, 4.69) is 38.2 Å². The quantitative estimate of drug-likeness (QED) is 0.776. The third-order valence-electron chi connectivity index (χ3n) is 3.00. The minimum Gasteiger partial charge on any atom is -0.496 e. The minimum absolute atomic E-state index is 0.401. The molecule has 1 aromatic carbocycles. The number of hydrogen-bond donors (Lipinski definition) is 1. The molecule has 0 aliphatic rings. The summed E-state index contributed by atoms with van der Waals surface area (Å²) >= 11 is 0. The molecule has 0 bridgehead atoms. The predicted octanol–water partition coefficient (Wildman–Crippen LogP) is 3.78. The summed E-state index contributed by atoms with van der Waals surface area (Å²) in [4.78, 5) is 0. The van der Waals surface area contributed by atoms with Gasteiger partial charge >= 0.3 is 0 Å². The highest BCUT2D eigenvalue weighted by atomic mass is 16.5. The second kappa shape index (κ2) is 7.33. The molecule has 0 aliphatic heterocycles. The van der Waals surface area contributed by atoms with Crippen LogP contribution < -0.4 is 10.1 Å². The van der Waals surface area contributed by atoms with Crippen molar-refractivity contribution in [3.8, 4) is 5.75 Å². The van der Waals surface area contributed by atoms with Crippen molar-refractivity contribution in [2.75, 3.05) is 13.7 Å². The lowest BCUT2D eigenvalue weighted by molar-refractivity contribution is 0.388. The summed E-state index contributed by atoms with van der Waals surface area (Å²) in [6.45, 7) is 7.68. The highest BCUT2D eigenvalue weighted by Crippen LogP contribution is 2.28. The Kier molecular flexibility index (Phi) is 6.06. The monoisotopic (exact) mass is 235 g/mol. The largest absolute Gasteiger partial charge is 0.496 e. The average Bonchev–Trinajstić information content (AvgIpc) is 2.34. The van der Waals surface area contributed by atoms with Crippen LogP contribution in [0.3, 0.4) is 0 Å². The van der Waals surface area contributed by atoms with Crippen molar-refractivity contribution in [2.45, 2.75) is 39.7 Å². The molecule has 0 aromatic heterocycles. The molecule has 2 heteroatoms. The lowest BCUT2D eigenvalue weighted by Crippen LogP contribution is -2.21. The van der Waals surface area contributed by atoms with Crippen molar-refractivity contribution in [3.63, 3.8) is 0 Å². The van der Waals surface area contributed by atoms with Crippen LogP contribution in [-0.2, 0) is 0 Å². The Morgan fingerprint density at radius 1 is 1.18 bits per heavy atom. The maximum atomic E-state index is 5.44. The second-order valence-corrected chi connectivity index (χ2v) is 4.82. The van der Waals surface area contributed by atoms with Gasteiger partial charge in [-0.15, -0.1) is 0 Å². The molecule has 0 aliphatic carbocycles. The molecule has 2 nitrogen and oxygen atoms in total. The van der Waals surface area contributed by atoms with Crippen LogP contribution in [0.1, 0.15) is 45.2 Å². The van der Waals surface area contributed by atoms with Crippen molar-refractivity contribution in [1.29, 1.82) is 0 Å². The summed E-state index contributed by atoms with van der Waals surface area (Å²) in [6, 6.07) is 8.70. The van der Waals surface area contributed by atoms with Crippen molar-refractivity contribution >= 4 is 0 Å². The highest BCUT2D eigenvalue weighted by Gasteiger charge is 2.14. The SMILES string of the molecule is CCNC(CCC(C)C)c1ccccc1OC. The van der Waals surface area contributed by atoms with Crippen LogP contribution in [0.2, 0.25) is 0 Å². The van der Waals surface area contributed by atoms with Crippen LogP contribution in [0, 0.1) is 5.92 Å². The number of methoxy groups -OCH3 is 1. The number of benzene rings is 1. The first kappa shape index (κ1) is 14.0. The number of rotatable bonds is 7. The summed E-state index contributed by atoms with van der Waals surface area (Å²) in [7, 11) is 1.74. The smallest absolute Gasteiger partial charge is 0.123 e. The fourth-order valence-electron chi connectivity index (χ4n) is 2.07. The van der Waals surface area contributed by atoms with Gasteiger partial charge in [0.15, 0.2) is 0 Å². The van der Waals surface area contributed by atoms with E-state index in [-0.39, 0.29) is 0 Å². The van der Waals surface area contributed by atoms with Gasteiger partial charge in [-0.2, -0.15) is 0 Å². The molecular formula is C15H25NO. The van der Waals surface area contributed by atoms with Gasteiger partial charge in [0.25, 0.3) is 0 Å². The van der Waals surface area contributed by atoms with Crippen molar-refractivity contribution < 1.29 is 4.74 Å². The molecular weight excluding hydrogens is 210 g/mol. The van der Waals surface area contributed by atoms with E-state index in [4.69, 9.17) is 4.74 Å². The van der Waals surface area contributed by atoms with E-state index in [0.717, 1.165) is 24.6 Å². The van der Waals surface area contributed by atoms with Gasteiger partial charge in [0.2, 0.25) is 0 Å². The number of ether oxygens (including phenoxy) is 1. The second-order valence-electron chi connectivity index (χ2n) is 4.82. The molecule has 0 spiro atoms. The van der Waals surface area contributed by atoms with Crippen molar-refractivity contribution in [3.05, 3.63) is 29.8 Å². The van der Waals surface area contributed by atoms with Crippen LogP contribution in [0.4, 0.5) is 0 Å². The normalized spacial score (nSPS) is 12.8. The van der Waals surface area contributed by atoms with Gasteiger partial charge in [-0.1, -0.05) is 39.0 Å². The predicted molar refractivity (Wildman–Crippen MR) is 73.5 cm³/mol. The molecule has 1 unspecified atom stereocenters. The van der Waals surface area contributed by atoms with Gasteiger partial charge in [-0.25, -0.2) is 0 Å². The van der Waals surface area contributed by atoms with Gasteiger partial charge in [-0.3, -0.25) is 0 Å². The molecule has 0 saturated carbocycles. The average molecular weight is 235 g/mol. The fourth-order valence-corrected chi connectivity index (χ4v) is 2.07. The summed E-state index contributed by atoms with van der Waals surface area (Å²) in [5.41, 5.74) is 1.28. The van der Waals surface area contributed by atoms with E-state index in [9.17, 15) is 0 Å². The highest BCUT2D eigenvalue weighted by molar-refractivity contribution is 5.35. The minimum atomic E-state index is 0.401. The molecule has 1 N–H and O–H groups in total. The first-order valence-electron chi connectivity index (χ1n) is 6.55. The number of nitrogens with one attached hydrogen (secondary N) is 1. The fraction of sp³-hybridized carbons (Fsp3) is 0.600. The van der Waals surface area contributed by atoms with Gasteiger partial charge in [-0.05, 0) is 31.4 Å². The van der Waals surface area contributed by atoms with Gasteiger partial charge in [0, 0.05) is 11.6 Å². The zero-order valence-electron chi connectivity index (χ0n) is 11.5. The molecule has 0 saturated heterocycles. The summed E-state index contributed by atoms with van der Waals surface area (Å²) in [5.74, 6) is 1.73. The summed E-state index contributed by atoms with van der Waals surface area (Å²) < 4.78 is 5.44. The Bertz CT molecular complexity index is 322. The maximum Gasteiger partial charge on any atom is 0.123 e. The molecule has 0 radical (unpaired) electrons. The van der Waals surface area contributed by atoms with E-state index in [0.29, 0.717) is 6.04 Å². The summed E-state index contributed by atoms with van der Waals surface area (Å²) in [5, 5.41) is 3.55. The molecule has 0 amide bonds. The zero-order valence-corrected chi connectivity index (χ0v) is 11.5. The van der Waals surface area contributed by atoms with E-state index < -0.39 is 0 Å². The third-order valence-corrected chi connectivity index (χ3v) is 3.00. The molecule has 0 heterocycles. The summed E-state index contributed by atoms with van der Waals surface area (Å²) in [6.07, 6.45) is 2.39. The Morgan fingerprint density at radius 2 is 1.88 bits per heavy atom. The van der Waals surface area contributed by atoms with Crippen LogP contribution in [0.25, 0.3) is 0 Å². The van der Waals surface area contributed by atoms with Gasteiger partial charge in [0.1, 0.15) is 5.75 Å². The number of hydrogen-bond acceptors (Lipinski definition) is 2. The zero-order chi connectivity index (χ0) is 12.7. The molecule has 1 atom stereocenters. The van der Waals surface area contributed by atoms with Gasteiger partial charge < -0.3 is 10.1 Å². The van der Waals surface area contributed by atoms with Crippen LogP contribution in [0.15, 0.2) is 24.3 Å². The third kappa shape index (κ3) is 4.39. The van der Waals surface area contributed by atoms with Crippen LogP contribution in [0.5, 0.6) is 5.75 Å².